The molecule has 0 aliphatic carbocycles. The molecule has 2 heterocycles. The second kappa shape index (κ2) is 8.51. The van der Waals surface area contributed by atoms with Crippen molar-refractivity contribution in [1.29, 1.82) is 0 Å². The minimum Gasteiger partial charge on any atom is -0.336 e. The number of carbonyl (C=O) groups excluding carboxylic acids is 1. The van der Waals surface area contributed by atoms with Gasteiger partial charge in [-0.25, -0.2) is 8.42 Å². The molecule has 0 unspecified atom stereocenters. The van der Waals surface area contributed by atoms with Crippen molar-refractivity contribution in [2.45, 2.75) is 44.0 Å². The molecule has 1 amide bonds. The quantitative estimate of drug-likeness (QED) is 0.742. The zero-order valence-corrected chi connectivity index (χ0v) is 19.4. The molecule has 0 saturated carbocycles. The number of carbonyl (C=O) groups is 1. The molecular formula is C22H32N4O3S. The Hall–Kier alpha value is -2.19. The van der Waals surface area contributed by atoms with E-state index in [1.54, 1.807) is 16.8 Å². The van der Waals surface area contributed by atoms with Gasteiger partial charge >= 0.3 is 0 Å². The van der Waals surface area contributed by atoms with Crippen molar-refractivity contribution in [2.75, 3.05) is 32.4 Å². The van der Waals surface area contributed by atoms with Crippen LogP contribution in [-0.4, -0.2) is 66.3 Å². The monoisotopic (exact) mass is 432 g/mol. The molecule has 0 spiro atoms. The molecule has 2 aromatic rings. The molecule has 1 aromatic carbocycles. The predicted octanol–water partition coefficient (Wildman–Crippen LogP) is 2.47. The highest BCUT2D eigenvalue weighted by Crippen LogP contribution is 2.22. The van der Waals surface area contributed by atoms with Gasteiger partial charge in [-0.1, -0.05) is 32.9 Å². The Morgan fingerprint density at radius 2 is 1.73 bits per heavy atom. The highest BCUT2D eigenvalue weighted by Gasteiger charge is 2.26. The Balaban J connectivity index is 1.64. The van der Waals surface area contributed by atoms with Gasteiger partial charge in [0.2, 0.25) is 0 Å². The van der Waals surface area contributed by atoms with E-state index >= 15 is 0 Å². The normalized spacial score (nSPS) is 16.5. The Morgan fingerprint density at radius 1 is 1.07 bits per heavy atom. The summed E-state index contributed by atoms with van der Waals surface area (Å²) in [6.45, 7) is 10.1. The lowest BCUT2D eigenvalue weighted by atomic mass is 9.92. The molecule has 30 heavy (non-hydrogen) atoms. The maximum Gasteiger partial charge on any atom is 0.272 e. The number of hydrogen-bond acceptors (Lipinski definition) is 5. The van der Waals surface area contributed by atoms with Crippen LogP contribution >= 0.6 is 0 Å². The van der Waals surface area contributed by atoms with Crippen LogP contribution in [0, 0.1) is 0 Å². The third kappa shape index (κ3) is 5.29. The molecule has 164 valence electrons. The summed E-state index contributed by atoms with van der Waals surface area (Å²) in [6, 6.07) is 8.97. The molecule has 8 heteroatoms. The fraction of sp³-hybridized carbons (Fsp3) is 0.545. The first-order chi connectivity index (χ1) is 13.9. The zero-order valence-electron chi connectivity index (χ0n) is 18.6. The summed E-state index contributed by atoms with van der Waals surface area (Å²) >= 11 is 0. The van der Waals surface area contributed by atoms with Crippen LogP contribution in [0.4, 0.5) is 0 Å². The maximum atomic E-state index is 13.1. The van der Waals surface area contributed by atoms with E-state index in [-0.39, 0.29) is 11.3 Å². The SMILES string of the molecule is Cn1nc(C(C)(C)C)cc1C(=O)N1CCCN(Cc2ccc(S(C)(=O)=O)cc2)CC1. The van der Waals surface area contributed by atoms with Crippen molar-refractivity contribution in [3.05, 3.63) is 47.3 Å². The molecule has 0 radical (unpaired) electrons. The Bertz CT molecular complexity index is 1000. The van der Waals surface area contributed by atoms with E-state index in [1.165, 1.54) is 6.26 Å². The highest BCUT2D eigenvalue weighted by atomic mass is 32.2. The van der Waals surface area contributed by atoms with Gasteiger partial charge in [0, 0.05) is 51.4 Å². The standard InChI is InChI=1S/C22H32N4O3S/c1-22(2,3)20-15-19(24(4)23-20)21(27)26-12-6-11-25(13-14-26)16-17-7-9-18(10-8-17)30(5,28)29/h7-10,15H,6,11-14,16H2,1-5H3. The van der Waals surface area contributed by atoms with Crippen LogP contribution in [0.2, 0.25) is 0 Å². The van der Waals surface area contributed by atoms with E-state index in [0.717, 1.165) is 43.9 Å². The van der Waals surface area contributed by atoms with E-state index in [0.29, 0.717) is 17.1 Å². The van der Waals surface area contributed by atoms with Crippen molar-refractivity contribution in [1.82, 2.24) is 19.6 Å². The Morgan fingerprint density at radius 3 is 2.30 bits per heavy atom. The smallest absolute Gasteiger partial charge is 0.272 e. The van der Waals surface area contributed by atoms with E-state index in [9.17, 15) is 13.2 Å². The van der Waals surface area contributed by atoms with E-state index < -0.39 is 9.84 Å². The summed E-state index contributed by atoms with van der Waals surface area (Å²) < 4.78 is 24.9. The van der Waals surface area contributed by atoms with Crippen molar-refractivity contribution in [2.24, 2.45) is 7.05 Å². The predicted molar refractivity (Wildman–Crippen MR) is 117 cm³/mol. The number of sulfone groups is 1. The first kappa shape index (κ1) is 22.5. The third-order valence-electron chi connectivity index (χ3n) is 5.50. The van der Waals surface area contributed by atoms with Gasteiger partial charge in [0.25, 0.3) is 5.91 Å². The minimum atomic E-state index is -3.18. The van der Waals surface area contributed by atoms with E-state index in [4.69, 9.17) is 0 Å². The molecule has 1 aromatic heterocycles. The fourth-order valence-electron chi connectivity index (χ4n) is 3.63. The molecule has 0 N–H and O–H groups in total. The van der Waals surface area contributed by atoms with Gasteiger partial charge in [-0.2, -0.15) is 5.10 Å². The van der Waals surface area contributed by atoms with Gasteiger partial charge in [-0.05, 0) is 30.2 Å². The number of rotatable bonds is 4. The highest BCUT2D eigenvalue weighted by molar-refractivity contribution is 7.90. The largest absolute Gasteiger partial charge is 0.336 e. The number of benzene rings is 1. The topological polar surface area (TPSA) is 75.5 Å². The Labute approximate surface area is 179 Å². The number of amides is 1. The third-order valence-corrected chi connectivity index (χ3v) is 6.63. The average Bonchev–Trinajstić information content (AvgIpc) is 2.90. The summed E-state index contributed by atoms with van der Waals surface area (Å²) in [6.07, 6.45) is 2.12. The van der Waals surface area contributed by atoms with Crippen molar-refractivity contribution >= 4 is 15.7 Å². The molecule has 1 saturated heterocycles. The lowest BCUT2D eigenvalue weighted by Crippen LogP contribution is -2.36. The average molecular weight is 433 g/mol. The number of hydrogen-bond donors (Lipinski definition) is 0. The number of aromatic nitrogens is 2. The summed E-state index contributed by atoms with van der Waals surface area (Å²) in [5, 5.41) is 4.53. The minimum absolute atomic E-state index is 0.0276. The maximum absolute atomic E-state index is 13.1. The number of aryl methyl sites for hydroxylation is 1. The lowest BCUT2D eigenvalue weighted by molar-refractivity contribution is 0.0750. The van der Waals surface area contributed by atoms with Gasteiger partial charge < -0.3 is 4.90 Å². The van der Waals surface area contributed by atoms with E-state index in [1.807, 2.05) is 30.1 Å². The lowest BCUT2D eigenvalue weighted by Gasteiger charge is -2.22. The summed E-state index contributed by atoms with van der Waals surface area (Å²) in [5.41, 5.74) is 2.52. The van der Waals surface area contributed by atoms with Gasteiger partial charge in [0.05, 0.1) is 10.6 Å². The van der Waals surface area contributed by atoms with Gasteiger partial charge in [-0.15, -0.1) is 0 Å². The van der Waals surface area contributed by atoms with Crippen molar-refractivity contribution in [3.63, 3.8) is 0 Å². The Kier molecular flexibility index (Phi) is 6.38. The second-order valence-corrected chi connectivity index (χ2v) is 11.1. The number of nitrogens with zero attached hydrogens (tertiary/aromatic N) is 4. The zero-order chi connectivity index (χ0) is 22.1. The molecule has 0 bridgehead atoms. The van der Waals surface area contributed by atoms with Crippen LogP contribution in [0.3, 0.4) is 0 Å². The molecule has 7 nitrogen and oxygen atoms in total. The molecule has 1 aliphatic heterocycles. The van der Waals surface area contributed by atoms with Crippen LogP contribution in [0.5, 0.6) is 0 Å². The first-order valence-electron chi connectivity index (χ1n) is 10.3. The molecule has 0 atom stereocenters. The van der Waals surface area contributed by atoms with Crippen LogP contribution in [0.25, 0.3) is 0 Å². The van der Waals surface area contributed by atoms with Crippen LogP contribution < -0.4 is 0 Å². The molecular weight excluding hydrogens is 400 g/mol. The van der Waals surface area contributed by atoms with Gasteiger partial charge in [-0.3, -0.25) is 14.4 Å². The van der Waals surface area contributed by atoms with Gasteiger partial charge in [0.15, 0.2) is 9.84 Å². The summed E-state index contributed by atoms with van der Waals surface area (Å²) in [7, 11) is -1.35. The van der Waals surface area contributed by atoms with Gasteiger partial charge in [0.1, 0.15) is 5.69 Å². The van der Waals surface area contributed by atoms with Crippen LogP contribution in [-0.2, 0) is 28.8 Å². The second-order valence-electron chi connectivity index (χ2n) is 9.13. The molecule has 1 aliphatic rings. The van der Waals surface area contributed by atoms with Crippen molar-refractivity contribution < 1.29 is 13.2 Å². The van der Waals surface area contributed by atoms with Crippen LogP contribution in [0.1, 0.15) is 48.9 Å². The summed E-state index contributed by atoms with van der Waals surface area (Å²) in [5.74, 6) is 0.0276. The fourth-order valence-corrected chi connectivity index (χ4v) is 4.26. The first-order valence-corrected chi connectivity index (χ1v) is 12.2. The molecule has 1 fully saturated rings. The van der Waals surface area contributed by atoms with Crippen LogP contribution in [0.15, 0.2) is 35.2 Å². The van der Waals surface area contributed by atoms with E-state index in [2.05, 4.69) is 30.8 Å². The summed E-state index contributed by atoms with van der Waals surface area (Å²) in [4.78, 5) is 17.7. The van der Waals surface area contributed by atoms with Crippen molar-refractivity contribution in [3.8, 4) is 0 Å². The molecule has 3 rings (SSSR count).